The summed E-state index contributed by atoms with van der Waals surface area (Å²) < 4.78 is 5.43. The van der Waals surface area contributed by atoms with Crippen LogP contribution < -0.4 is 10.2 Å². The van der Waals surface area contributed by atoms with E-state index in [0.717, 1.165) is 56.7 Å². The maximum atomic E-state index is 5.43. The van der Waals surface area contributed by atoms with E-state index in [2.05, 4.69) is 53.1 Å². The third-order valence-corrected chi connectivity index (χ3v) is 6.06. The summed E-state index contributed by atoms with van der Waals surface area (Å²) in [4.78, 5) is 13.8. The van der Waals surface area contributed by atoms with Gasteiger partial charge in [-0.1, -0.05) is 6.92 Å². The Bertz CT molecular complexity index is 738. The van der Waals surface area contributed by atoms with Gasteiger partial charge >= 0.3 is 0 Å². The molecule has 3 heterocycles. The molecule has 2 aromatic heterocycles. The standard InChI is InChI=1S/C24H37N5O/c1-4-20(2)27-24(26-15-9-23-6-5-19-30-23)28(3)16-10-21-11-17-29(18-12-21)22-7-13-25-14-8-22/h5-8,13-14,19-21H,4,9-12,15-18H2,1-3H3,(H,26,27). The third-order valence-electron chi connectivity index (χ3n) is 6.06. The van der Waals surface area contributed by atoms with E-state index >= 15 is 0 Å². The van der Waals surface area contributed by atoms with Crippen LogP contribution in [0.5, 0.6) is 0 Å². The Hall–Kier alpha value is -2.50. The molecule has 6 heteroatoms. The minimum absolute atomic E-state index is 0.415. The fourth-order valence-corrected chi connectivity index (χ4v) is 3.84. The molecule has 0 aliphatic carbocycles. The number of aliphatic imine (C=N–C) groups is 1. The molecule has 1 aliphatic heterocycles. The number of rotatable bonds is 9. The summed E-state index contributed by atoms with van der Waals surface area (Å²) in [5.41, 5.74) is 1.30. The minimum atomic E-state index is 0.415. The number of anilines is 1. The van der Waals surface area contributed by atoms with Crippen molar-refractivity contribution in [2.24, 2.45) is 10.9 Å². The van der Waals surface area contributed by atoms with Crippen LogP contribution in [0.4, 0.5) is 5.69 Å². The number of hydrogen-bond donors (Lipinski definition) is 1. The van der Waals surface area contributed by atoms with Gasteiger partial charge in [0.1, 0.15) is 5.76 Å². The van der Waals surface area contributed by atoms with Crippen LogP contribution in [-0.4, -0.2) is 55.1 Å². The van der Waals surface area contributed by atoms with E-state index in [9.17, 15) is 0 Å². The Kier molecular flexibility index (Phi) is 8.60. The summed E-state index contributed by atoms with van der Waals surface area (Å²) in [5, 5.41) is 3.59. The van der Waals surface area contributed by atoms with E-state index in [1.807, 2.05) is 24.5 Å². The van der Waals surface area contributed by atoms with Crippen LogP contribution in [0.2, 0.25) is 0 Å². The van der Waals surface area contributed by atoms with Gasteiger partial charge in [-0.2, -0.15) is 0 Å². The summed E-state index contributed by atoms with van der Waals surface area (Å²) in [6, 6.07) is 8.58. The predicted molar refractivity (Wildman–Crippen MR) is 124 cm³/mol. The van der Waals surface area contributed by atoms with Crippen molar-refractivity contribution in [3.63, 3.8) is 0 Å². The lowest BCUT2D eigenvalue weighted by atomic mass is 9.93. The van der Waals surface area contributed by atoms with Crippen molar-refractivity contribution >= 4 is 11.6 Å². The van der Waals surface area contributed by atoms with Crippen LogP contribution in [0.1, 0.15) is 45.3 Å². The van der Waals surface area contributed by atoms with Crippen molar-refractivity contribution in [3.05, 3.63) is 48.7 Å². The van der Waals surface area contributed by atoms with Gasteiger partial charge in [0, 0.05) is 63.8 Å². The second-order valence-electron chi connectivity index (χ2n) is 8.33. The molecule has 2 aromatic rings. The Labute approximate surface area is 181 Å². The van der Waals surface area contributed by atoms with Gasteiger partial charge in [0.2, 0.25) is 0 Å². The molecule has 1 aliphatic rings. The topological polar surface area (TPSA) is 56.9 Å². The van der Waals surface area contributed by atoms with Gasteiger partial charge in [-0.05, 0) is 62.8 Å². The van der Waals surface area contributed by atoms with Crippen molar-refractivity contribution in [2.75, 3.05) is 38.1 Å². The van der Waals surface area contributed by atoms with E-state index in [1.165, 1.54) is 24.9 Å². The van der Waals surface area contributed by atoms with Gasteiger partial charge in [0.15, 0.2) is 5.96 Å². The van der Waals surface area contributed by atoms with Crippen LogP contribution in [0.15, 0.2) is 52.3 Å². The highest BCUT2D eigenvalue weighted by atomic mass is 16.3. The number of nitrogens with one attached hydrogen (secondary N) is 1. The highest BCUT2D eigenvalue weighted by molar-refractivity contribution is 5.80. The molecule has 0 bridgehead atoms. The average molecular weight is 412 g/mol. The smallest absolute Gasteiger partial charge is 0.193 e. The van der Waals surface area contributed by atoms with Crippen molar-refractivity contribution in [1.82, 2.24) is 15.2 Å². The van der Waals surface area contributed by atoms with Crippen molar-refractivity contribution in [1.29, 1.82) is 0 Å². The molecule has 6 nitrogen and oxygen atoms in total. The summed E-state index contributed by atoms with van der Waals surface area (Å²) in [7, 11) is 2.16. The monoisotopic (exact) mass is 411 g/mol. The summed E-state index contributed by atoms with van der Waals surface area (Å²) in [5.74, 6) is 2.77. The number of furan rings is 1. The second kappa shape index (κ2) is 11.6. The minimum Gasteiger partial charge on any atom is -0.469 e. The number of guanidine groups is 1. The maximum absolute atomic E-state index is 5.43. The van der Waals surface area contributed by atoms with E-state index in [1.54, 1.807) is 6.26 Å². The first kappa shape index (κ1) is 22.2. The molecule has 1 saturated heterocycles. The molecule has 0 spiro atoms. The van der Waals surface area contributed by atoms with Crippen molar-refractivity contribution in [2.45, 2.75) is 52.0 Å². The fraction of sp³-hybridized carbons (Fsp3) is 0.583. The molecule has 3 rings (SSSR count). The first-order valence-corrected chi connectivity index (χ1v) is 11.3. The first-order valence-electron chi connectivity index (χ1n) is 11.3. The molecule has 1 fully saturated rings. The van der Waals surface area contributed by atoms with Crippen LogP contribution >= 0.6 is 0 Å². The fourth-order valence-electron chi connectivity index (χ4n) is 3.84. The number of hydrogen-bond acceptors (Lipinski definition) is 4. The Balaban J connectivity index is 1.46. The summed E-state index contributed by atoms with van der Waals surface area (Å²) in [6.07, 6.45) is 11.1. The normalized spacial score (nSPS) is 16.5. The van der Waals surface area contributed by atoms with E-state index < -0.39 is 0 Å². The van der Waals surface area contributed by atoms with Crippen LogP contribution in [-0.2, 0) is 6.42 Å². The molecular formula is C24H37N5O. The lowest BCUT2D eigenvalue weighted by molar-refractivity contribution is 0.337. The van der Waals surface area contributed by atoms with Gasteiger partial charge in [0.25, 0.3) is 0 Å². The van der Waals surface area contributed by atoms with Crippen LogP contribution in [0, 0.1) is 5.92 Å². The van der Waals surface area contributed by atoms with Gasteiger partial charge in [-0.3, -0.25) is 9.98 Å². The van der Waals surface area contributed by atoms with E-state index in [-0.39, 0.29) is 0 Å². The third kappa shape index (κ3) is 6.78. The molecule has 0 aromatic carbocycles. The highest BCUT2D eigenvalue weighted by Crippen LogP contribution is 2.24. The molecule has 1 unspecified atom stereocenters. The van der Waals surface area contributed by atoms with Crippen LogP contribution in [0.25, 0.3) is 0 Å². The van der Waals surface area contributed by atoms with Gasteiger partial charge in [0.05, 0.1) is 6.26 Å². The van der Waals surface area contributed by atoms with Crippen molar-refractivity contribution in [3.8, 4) is 0 Å². The molecule has 164 valence electrons. The first-order chi connectivity index (χ1) is 14.7. The zero-order chi connectivity index (χ0) is 21.2. The number of nitrogens with zero attached hydrogens (tertiary/aromatic N) is 4. The number of aromatic nitrogens is 1. The second-order valence-corrected chi connectivity index (χ2v) is 8.33. The lowest BCUT2D eigenvalue weighted by Crippen LogP contribution is -2.44. The van der Waals surface area contributed by atoms with Gasteiger partial charge in [-0.15, -0.1) is 0 Å². The molecule has 1 atom stereocenters. The SMILES string of the molecule is CCC(C)NC(=NCCc1ccco1)N(C)CCC1CCN(c2ccncc2)CC1. The predicted octanol–water partition coefficient (Wildman–Crippen LogP) is 4.20. The molecule has 1 N–H and O–H groups in total. The molecular weight excluding hydrogens is 374 g/mol. The number of pyridine rings is 1. The molecule has 0 amide bonds. The number of piperidine rings is 1. The summed E-state index contributed by atoms with van der Waals surface area (Å²) in [6.45, 7) is 8.45. The van der Waals surface area contributed by atoms with Crippen molar-refractivity contribution < 1.29 is 4.42 Å². The lowest BCUT2D eigenvalue weighted by Gasteiger charge is -2.34. The quantitative estimate of drug-likeness (QED) is 0.495. The van der Waals surface area contributed by atoms with E-state index in [4.69, 9.17) is 9.41 Å². The molecule has 30 heavy (non-hydrogen) atoms. The summed E-state index contributed by atoms with van der Waals surface area (Å²) >= 11 is 0. The zero-order valence-electron chi connectivity index (χ0n) is 18.8. The van der Waals surface area contributed by atoms with Crippen LogP contribution in [0.3, 0.4) is 0 Å². The molecule has 0 radical (unpaired) electrons. The maximum Gasteiger partial charge on any atom is 0.193 e. The zero-order valence-corrected chi connectivity index (χ0v) is 18.8. The average Bonchev–Trinajstić information content (AvgIpc) is 3.31. The Morgan fingerprint density at radius 1 is 1.30 bits per heavy atom. The Morgan fingerprint density at radius 2 is 2.07 bits per heavy atom. The molecule has 0 saturated carbocycles. The Morgan fingerprint density at radius 3 is 2.73 bits per heavy atom. The largest absolute Gasteiger partial charge is 0.469 e. The van der Waals surface area contributed by atoms with Gasteiger partial charge in [-0.25, -0.2) is 0 Å². The highest BCUT2D eigenvalue weighted by Gasteiger charge is 2.20. The van der Waals surface area contributed by atoms with Gasteiger partial charge < -0.3 is 19.5 Å². The van der Waals surface area contributed by atoms with E-state index in [0.29, 0.717) is 6.04 Å².